The molecule has 2 aromatic carbocycles. The Bertz CT molecular complexity index is 1140. The van der Waals surface area contributed by atoms with Gasteiger partial charge in [-0.25, -0.2) is 9.48 Å². The Labute approximate surface area is 191 Å². The zero-order valence-electron chi connectivity index (χ0n) is 17.9. The smallest absolute Gasteiger partial charge is 0.414 e. The van der Waals surface area contributed by atoms with Crippen molar-refractivity contribution in [3.63, 3.8) is 0 Å². The molecule has 1 amide bonds. The lowest BCUT2D eigenvalue weighted by atomic mass is 10.1. The van der Waals surface area contributed by atoms with Gasteiger partial charge in [-0.15, -0.1) is 5.10 Å². The minimum absolute atomic E-state index is 0.139. The summed E-state index contributed by atoms with van der Waals surface area (Å²) in [5, 5.41) is 9.88. The topological polar surface area (TPSA) is 60.2 Å². The van der Waals surface area contributed by atoms with Crippen LogP contribution in [0.2, 0.25) is 10.0 Å². The third-order valence-corrected chi connectivity index (χ3v) is 5.79. The molecule has 1 unspecified atom stereocenters. The van der Waals surface area contributed by atoms with Crippen LogP contribution in [0.4, 0.5) is 10.5 Å². The predicted molar refractivity (Wildman–Crippen MR) is 123 cm³/mol. The fourth-order valence-corrected chi connectivity index (χ4v) is 4.08. The van der Waals surface area contributed by atoms with E-state index in [2.05, 4.69) is 10.3 Å². The van der Waals surface area contributed by atoms with Crippen LogP contribution in [0.3, 0.4) is 0 Å². The number of aromatic nitrogens is 3. The predicted octanol–water partition coefficient (Wildman–Crippen LogP) is 6.16. The Morgan fingerprint density at radius 3 is 2.68 bits per heavy atom. The normalized spacial score (nSPS) is 14.5. The Morgan fingerprint density at radius 1 is 1.16 bits per heavy atom. The molecule has 2 heterocycles. The van der Waals surface area contributed by atoms with Gasteiger partial charge in [0, 0.05) is 22.2 Å². The number of hydrogen-bond donors (Lipinski definition) is 0. The minimum atomic E-state index is -0.544. The van der Waals surface area contributed by atoms with Crippen molar-refractivity contribution in [2.45, 2.75) is 45.8 Å². The molecule has 1 atom stereocenters. The molecule has 1 aromatic heterocycles. The Kier molecular flexibility index (Phi) is 5.71. The van der Waals surface area contributed by atoms with E-state index < -0.39 is 5.60 Å². The highest BCUT2D eigenvalue weighted by Crippen LogP contribution is 2.34. The number of fused-ring (bicyclic) bond motifs is 1. The van der Waals surface area contributed by atoms with Gasteiger partial charge in [0.15, 0.2) is 0 Å². The lowest BCUT2D eigenvalue weighted by Gasteiger charge is -2.25. The molecule has 0 aliphatic carbocycles. The summed E-state index contributed by atoms with van der Waals surface area (Å²) >= 11 is 12.5. The minimum Gasteiger partial charge on any atom is -0.443 e. The first-order chi connectivity index (χ1) is 14.6. The molecule has 0 N–H and O–H groups in total. The highest BCUT2D eigenvalue weighted by Gasteiger charge is 2.29. The maximum Gasteiger partial charge on any atom is 0.414 e. The molecule has 0 saturated carbocycles. The van der Waals surface area contributed by atoms with Gasteiger partial charge in [-0.3, -0.25) is 4.90 Å². The lowest BCUT2D eigenvalue weighted by molar-refractivity contribution is 0.0584. The van der Waals surface area contributed by atoms with Crippen LogP contribution in [0, 0.1) is 0 Å². The first kappa shape index (κ1) is 21.7. The number of ether oxygens (including phenoxy) is 1. The molecule has 8 heteroatoms. The van der Waals surface area contributed by atoms with Crippen molar-refractivity contribution < 1.29 is 9.53 Å². The molecule has 31 heavy (non-hydrogen) atoms. The van der Waals surface area contributed by atoms with E-state index in [4.69, 9.17) is 27.9 Å². The third-order valence-electron chi connectivity index (χ3n) is 5.21. The van der Waals surface area contributed by atoms with Crippen LogP contribution in [-0.4, -0.2) is 33.2 Å². The molecular weight excluding hydrogens is 435 g/mol. The summed E-state index contributed by atoms with van der Waals surface area (Å²) in [6.45, 7) is 8.19. The van der Waals surface area contributed by atoms with Gasteiger partial charge in [-0.1, -0.05) is 40.5 Å². The first-order valence-corrected chi connectivity index (χ1v) is 10.9. The molecule has 6 nitrogen and oxygen atoms in total. The van der Waals surface area contributed by atoms with Crippen molar-refractivity contribution in [1.82, 2.24) is 15.0 Å². The average Bonchev–Trinajstić information content (AvgIpc) is 3.34. The van der Waals surface area contributed by atoms with Gasteiger partial charge in [0.05, 0.1) is 17.9 Å². The molecular formula is C23H24Cl2N4O2. The monoisotopic (exact) mass is 458 g/mol. The van der Waals surface area contributed by atoms with Crippen molar-refractivity contribution in [3.8, 4) is 11.3 Å². The maximum atomic E-state index is 12.6. The Hall–Kier alpha value is -2.57. The molecule has 4 rings (SSSR count). The number of amides is 1. The molecule has 1 aliphatic rings. The van der Waals surface area contributed by atoms with E-state index in [1.807, 2.05) is 58.2 Å². The lowest BCUT2D eigenvalue weighted by Crippen LogP contribution is -2.35. The van der Waals surface area contributed by atoms with Crippen LogP contribution in [0.25, 0.3) is 11.3 Å². The van der Waals surface area contributed by atoms with Crippen LogP contribution in [-0.2, 0) is 11.2 Å². The van der Waals surface area contributed by atoms with Gasteiger partial charge in [0.1, 0.15) is 11.3 Å². The number of hydrogen-bond acceptors (Lipinski definition) is 4. The first-order valence-electron chi connectivity index (χ1n) is 10.1. The third kappa shape index (κ3) is 4.55. The van der Waals surface area contributed by atoms with Crippen molar-refractivity contribution >= 4 is 35.0 Å². The fourth-order valence-electron chi connectivity index (χ4n) is 3.62. The van der Waals surface area contributed by atoms with E-state index in [1.165, 1.54) is 0 Å². The van der Waals surface area contributed by atoms with E-state index in [9.17, 15) is 4.79 Å². The van der Waals surface area contributed by atoms with Crippen LogP contribution >= 0.6 is 23.2 Å². The summed E-state index contributed by atoms with van der Waals surface area (Å²) in [5.41, 5.74) is 3.88. The van der Waals surface area contributed by atoms with E-state index in [0.717, 1.165) is 28.8 Å². The zero-order chi connectivity index (χ0) is 22.3. The molecule has 0 saturated heterocycles. The summed E-state index contributed by atoms with van der Waals surface area (Å²) < 4.78 is 7.32. The second kappa shape index (κ2) is 8.17. The van der Waals surface area contributed by atoms with Gasteiger partial charge in [-0.2, -0.15) is 0 Å². The molecule has 0 fully saturated rings. The molecule has 3 aromatic rings. The van der Waals surface area contributed by atoms with Crippen LogP contribution < -0.4 is 4.90 Å². The number of anilines is 1. The Morgan fingerprint density at radius 2 is 1.94 bits per heavy atom. The van der Waals surface area contributed by atoms with Gasteiger partial charge in [0.2, 0.25) is 0 Å². The average molecular weight is 459 g/mol. The van der Waals surface area contributed by atoms with Gasteiger partial charge >= 0.3 is 6.09 Å². The van der Waals surface area contributed by atoms with E-state index >= 15 is 0 Å². The second-order valence-corrected chi connectivity index (χ2v) is 9.49. The second-order valence-electron chi connectivity index (χ2n) is 8.65. The van der Waals surface area contributed by atoms with Gasteiger partial charge in [0.25, 0.3) is 0 Å². The highest BCUT2D eigenvalue weighted by atomic mass is 35.5. The summed E-state index contributed by atoms with van der Waals surface area (Å²) in [6.07, 6.45) is 2.33. The quantitative estimate of drug-likeness (QED) is 0.471. The number of halogens is 2. The van der Waals surface area contributed by atoms with Crippen molar-refractivity contribution in [1.29, 1.82) is 0 Å². The van der Waals surface area contributed by atoms with Crippen molar-refractivity contribution in [2.24, 2.45) is 0 Å². The summed E-state index contributed by atoms with van der Waals surface area (Å²) in [4.78, 5) is 14.3. The van der Waals surface area contributed by atoms with Gasteiger partial charge in [-0.05, 0) is 69.5 Å². The molecule has 0 radical (unpaired) electrons. The van der Waals surface area contributed by atoms with E-state index in [1.54, 1.807) is 21.7 Å². The zero-order valence-corrected chi connectivity index (χ0v) is 19.4. The van der Waals surface area contributed by atoms with Crippen LogP contribution in [0.15, 0.2) is 42.6 Å². The molecule has 162 valence electrons. The number of nitrogens with zero attached hydrogens (tertiary/aromatic N) is 4. The van der Waals surface area contributed by atoms with Crippen molar-refractivity contribution in [2.75, 3.05) is 11.4 Å². The van der Waals surface area contributed by atoms with E-state index in [-0.39, 0.29) is 12.1 Å². The van der Waals surface area contributed by atoms with Crippen molar-refractivity contribution in [3.05, 3.63) is 63.8 Å². The number of rotatable bonds is 3. The summed E-state index contributed by atoms with van der Waals surface area (Å²) in [7, 11) is 0. The Balaban J connectivity index is 1.61. The highest BCUT2D eigenvalue weighted by molar-refractivity contribution is 6.33. The largest absolute Gasteiger partial charge is 0.443 e. The van der Waals surface area contributed by atoms with Crippen LogP contribution in [0.1, 0.15) is 44.9 Å². The van der Waals surface area contributed by atoms with Crippen LogP contribution in [0.5, 0.6) is 0 Å². The maximum absolute atomic E-state index is 12.6. The van der Waals surface area contributed by atoms with E-state index in [0.29, 0.717) is 22.3 Å². The SMILES string of the molecule is CC(c1cc(Cl)ccc1Cl)n1cc(-c2ccc3c(c2)N(C(=O)OC(C)(C)C)CC3)nn1. The number of carbonyl (C=O) groups is 1. The summed E-state index contributed by atoms with van der Waals surface area (Å²) in [5.74, 6) is 0. The number of carbonyl (C=O) groups excluding carboxylic acids is 1. The fraction of sp³-hybridized carbons (Fsp3) is 0.348. The molecule has 1 aliphatic heterocycles. The standard InChI is InChI=1S/C23H24Cl2N4O2/c1-14(18-12-17(24)7-8-19(18)25)29-13-20(26-27-29)16-6-5-15-9-10-28(21(15)11-16)22(30)31-23(2,3)4/h5-8,11-14H,9-10H2,1-4H3. The molecule has 0 bridgehead atoms. The summed E-state index contributed by atoms with van der Waals surface area (Å²) in [6, 6.07) is 11.2. The van der Waals surface area contributed by atoms with Gasteiger partial charge < -0.3 is 4.74 Å². The number of benzene rings is 2. The molecule has 0 spiro atoms.